The normalized spacial score (nSPS) is 13.6. The second-order valence-corrected chi connectivity index (χ2v) is 4.90. The van der Waals surface area contributed by atoms with E-state index in [4.69, 9.17) is 15.6 Å². The molecule has 3 nitrogen and oxygen atoms in total. The summed E-state index contributed by atoms with van der Waals surface area (Å²) < 4.78 is 5.71. The Kier molecular flexibility index (Phi) is 4.33. The van der Waals surface area contributed by atoms with Crippen LogP contribution in [0.15, 0.2) is 24.3 Å². The lowest BCUT2D eigenvalue weighted by Crippen LogP contribution is -2.23. The third kappa shape index (κ3) is 4.21. The van der Waals surface area contributed by atoms with Gasteiger partial charge in [-0.15, -0.1) is 0 Å². The largest absolute Gasteiger partial charge is 0.488 e. The van der Waals surface area contributed by atoms with Gasteiger partial charge in [0.1, 0.15) is 11.4 Å². The highest BCUT2D eigenvalue weighted by molar-refractivity contribution is 5.29. The van der Waals surface area contributed by atoms with Crippen molar-refractivity contribution in [1.82, 2.24) is 0 Å². The van der Waals surface area contributed by atoms with Crippen LogP contribution in [0.2, 0.25) is 0 Å². The van der Waals surface area contributed by atoms with Crippen LogP contribution in [0.5, 0.6) is 5.75 Å². The number of hydrogen-bond acceptors (Lipinski definition) is 3. The van der Waals surface area contributed by atoms with Gasteiger partial charge in [-0.1, -0.05) is 12.1 Å². The van der Waals surface area contributed by atoms with E-state index >= 15 is 0 Å². The van der Waals surface area contributed by atoms with Crippen LogP contribution in [0, 0.1) is 0 Å². The van der Waals surface area contributed by atoms with Crippen LogP contribution in [0.4, 0.5) is 0 Å². The van der Waals surface area contributed by atoms with Crippen molar-refractivity contribution >= 4 is 0 Å². The van der Waals surface area contributed by atoms with Gasteiger partial charge < -0.3 is 15.6 Å². The van der Waals surface area contributed by atoms with E-state index in [9.17, 15) is 0 Å². The average molecular weight is 223 g/mol. The van der Waals surface area contributed by atoms with E-state index in [0.29, 0.717) is 6.42 Å². The minimum absolute atomic E-state index is 0.103. The molecular formula is C13H21NO2. The van der Waals surface area contributed by atoms with Gasteiger partial charge in [0.15, 0.2) is 0 Å². The van der Waals surface area contributed by atoms with Crippen LogP contribution in [0.25, 0.3) is 0 Å². The molecule has 0 aliphatic rings. The van der Waals surface area contributed by atoms with E-state index in [1.54, 1.807) is 0 Å². The molecule has 0 aromatic heterocycles. The smallest absolute Gasteiger partial charge is 0.120 e. The Morgan fingerprint density at radius 1 is 1.25 bits per heavy atom. The molecule has 0 aliphatic carbocycles. The van der Waals surface area contributed by atoms with Crippen molar-refractivity contribution in [2.45, 2.75) is 38.8 Å². The van der Waals surface area contributed by atoms with Gasteiger partial charge in [0.2, 0.25) is 0 Å². The second kappa shape index (κ2) is 5.32. The third-order valence-electron chi connectivity index (χ3n) is 2.17. The number of nitrogens with two attached hydrogens (primary N) is 1. The zero-order valence-electron chi connectivity index (χ0n) is 10.2. The van der Waals surface area contributed by atoms with Gasteiger partial charge in [0.25, 0.3) is 0 Å². The summed E-state index contributed by atoms with van der Waals surface area (Å²) >= 11 is 0. The van der Waals surface area contributed by atoms with Crippen molar-refractivity contribution in [3.8, 4) is 5.75 Å². The van der Waals surface area contributed by atoms with Crippen molar-refractivity contribution in [3.05, 3.63) is 29.8 Å². The van der Waals surface area contributed by atoms with Crippen LogP contribution in [0.1, 0.15) is 38.8 Å². The standard InChI is InChI=1S/C13H21NO2/c1-13(2,3)16-11-6-4-10(5-7-11)12(14)8-9-15/h4-7,12,15H,8-9,14H2,1-3H3/t12-/m0/s1. The fourth-order valence-electron chi connectivity index (χ4n) is 1.44. The molecule has 1 aromatic rings. The molecule has 3 N–H and O–H groups in total. The second-order valence-electron chi connectivity index (χ2n) is 4.90. The van der Waals surface area contributed by atoms with Crippen LogP contribution < -0.4 is 10.5 Å². The topological polar surface area (TPSA) is 55.5 Å². The Balaban J connectivity index is 2.68. The third-order valence-corrected chi connectivity index (χ3v) is 2.17. The van der Waals surface area contributed by atoms with Crippen LogP contribution in [-0.4, -0.2) is 17.3 Å². The Hall–Kier alpha value is -1.06. The van der Waals surface area contributed by atoms with E-state index in [-0.39, 0.29) is 18.2 Å². The first-order valence-electron chi connectivity index (χ1n) is 5.58. The Morgan fingerprint density at radius 3 is 2.25 bits per heavy atom. The zero-order chi connectivity index (χ0) is 12.2. The van der Waals surface area contributed by atoms with Crippen molar-refractivity contribution < 1.29 is 9.84 Å². The number of benzene rings is 1. The molecular weight excluding hydrogens is 202 g/mol. The summed E-state index contributed by atoms with van der Waals surface area (Å²) in [6.07, 6.45) is 0.583. The Bertz CT molecular complexity index is 314. The first kappa shape index (κ1) is 13.0. The van der Waals surface area contributed by atoms with E-state index < -0.39 is 0 Å². The van der Waals surface area contributed by atoms with Crippen molar-refractivity contribution in [1.29, 1.82) is 0 Å². The van der Waals surface area contributed by atoms with E-state index in [0.717, 1.165) is 11.3 Å². The predicted octanol–water partition coefficient (Wildman–Crippen LogP) is 2.25. The molecule has 0 radical (unpaired) electrons. The molecule has 16 heavy (non-hydrogen) atoms. The molecule has 90 valence electrons. The molecule has 0 aliphatic heterocycles. The molecule has 0 fully saturated rings. The van der Waals surface area contributed by atoms with Gasteiger partial charge in [-0.3, -0.25) is 0 Å². The highest BCUT2D eigenvalue weighted by atomic mass is 16.5. The molecule has 1 rings (SSSR count). The van der Waals surface area contributed by atoms with E-state index in [2.05, 4.69) is 0 Å². The molecule has 0 saturated heterocycles. The monoisotopic (exact) mass is 223 g/mol. The molecule has 0 unspecified atom stereocenters. The molecule has 0 bridgehead atoms. The fraction of sp³-hybridized carbons (Fsp3) is 0.538. The highest BCUT2D eigenvalue weighted by Gasteiger charge is 2.12. The highest BCUT2D eigenvalue weighted by Crippen LogP contribution is 2.21. The zero-order valence-corrected chi connectivity index (χ0v) is 10.2. The Labute approximate surface area is 97.2 Å². The number of hydrogen-bond donors (Lipinski definition) is 2. The lowest BCUT2D eigenvalue weighted by molar-refractivity contribution is 0.131. The van der Waals surface area contributed by atoms with Crippen LogP contribution >= 0.6 is 0 Å². The van der Waals surface area contributed by atoms with Crippen molar-refractivity contribution in [2.24, 2.45) is 5.73 Å². The van der Waals surface area contributed by atoms with E-state index in [1.807, 2.05) is 45.0 Å². The maximum absolute atomic E-state index is 8.80. The summed E-state index contributed by atoms with van der Waals surface area (Å²) in [6.45, 7) is 6.15. The fourth-order valence-corrected chi connectivity index (χ4v) is 1.44. The SMILES string of the molecule is CC(C)(C)Oc1ccc([C@@H](N)CCO)cc1. The minimum Gasteiger partial charge on any atom is -0.488 e. The first-order chi connectivity index (χ1) is 7.42. The summed E-state index contributed by atoms with van der Waals surface area (Å²) in [7, 11) is 0. The lowest BCUT2D eigenvalue weighted by atomic mass is 10.1. The predicted molar refractivity (Wildman–Crippen MR) is 65.5 cm³/mol. The molecule has 0 heterocycles. The Morgan fingerprint density at radius 2 is 1.81 bits per heavy atom. The number of ether oxygens (including phenoxy) is 1. The number of aliphatic hydroxyl groups is 1. The number of rotatable bonds is 4. The summed E-state index contributed by atoms with van der Waals surface area (Å²) in [6, 6.07) is 7.62. The molecule has 0 spiro atoms. The summed E-state index contributed by atoms with van der Waals surface area (Å²) in [5.41, 5.74) is 6.72. The quantitative estimate of drug-likeness (QED) is 0.823. The van der Waals surface area contributed by atoms with Crippen molar-refractivity contribution in [2.75, 3.05) is 6.61 Å². The minimum atomic E-state index is -0.186. The number of aliphatic hydroxyl groups excluding tert-OH is 1. The van der Waals surface area contributed by atoms with Gasteiger partial charge in [-0.05, 0) is 44.9 Å². The lowest BCUT2D eigenvalue weighted by Gasteiger charge is -2.21. The summed E-state index contributed by atoms with van der Waals surface area (Å²) in [4.78, 5) is 0. The van der Waals surface area contributed by atoms with Gasteiger partial charge in [0.05, 0.1) is 0 Å². The van der Waals surface area contributed by atoms with Gasteiger partial charge in [-0.25, -0.2) is 0 Å². The van der Waals surface area contributed by atoms with Gasteiger partial charge in [0, 0.05) is 12.6 Å². The molecule has 3 heteroatoms. The van der Waals surface area contributed by atoms with Crippen molar-refractivity contribution in [3.63, 3.8) is 0 Å². The van der Waals surface area contributed by atoms with E-state index in [1.165, 1.54) is 0 Å². The van der Waals surface area contributed by atoms with Crippen LogP contribution in [-0.2, 0) is 0 Å². The van der Waals surface area contributed by atoms with Gasteiger partial charge >= 0.3 is 0 Å². The maximum Gasteiger partial charge on any atom is 0.120 e. The summed E-state index contributed by atoms with van der Waals surface area (Å²) in [5.74, 6) is 0.840. The molecule has 0 saturated carbocycles. The average Bonchev–Trinajstić information content (AvgIpc) is 2.16. The maximum atomic E-state index is 8.80. The molecule has 1 atom stereocenters. The van der Waals surface area contributed by atoms with Gasteiger partial charge in [-0.2, -0.15) is 0 Å². The first-order valence-corrected chi connectivity index (χ1v) is 5.58. The molecule has 1 aromatic carbocycles. The summed E-state index contributed by atoms with van der Waals surface area (Å²) in [5, 5.41) is 8.80. The molecule has 0 amide bonds. The van der Waals surface area contributed by atoms with Crippen LogP contribution in [0.3, 0.4) is 0 Å².